The van der Waals surface area contributed by atoms with Crippen molar-refractivity contribution in [2.45, 2.75) is 18.9 Å². The van der Waals surface area contributed by atoms with E-state index in [1.54, 1.807) is 30.1 Å². The number of hydrogen-bond acceptors (Lipinski definition) is 9. The Morgan fingerprint density at radius 3 is 2.80 bits per heavy atom. The second kappa shape index (κ2) is 11.6. The first-order chi connectivity index (χ1) is 21.1. The zero-order chi connectivity index (χ0) is 31.0. The number of nitrogens with zero attached hydrogens (tertiary/aromatic N) is 8. The van der Waals surface area contributed by atoms with Crippen molar-refractivity contribution in [3.8, 4) is 11.3 Å². The molecule has 0 radical (unpaired) electrons. The number of aryl methyl sites for hydroxylation is 1. The first-order valence-corrected chi connectivity index (χ1v) is 13.6. The second-order valence-electron chi connectivity index (χ2n) is 9.89. The number of anilines is 2. The Morgan fingerprint density at radius 2 is 2.07 bits per heavy atom. The van der Waals surface area contributed by atoms with Crippen LogP contribution in [0, 0.1) is 0 Å². The van der Waals surface area contributed by atoms with E-state index in [0.717, 1.165) is 0 Å². The molecule has 1 aliphatic rings. The van der Waals surface area contributed by atoms with Crippen molar-refractivity contribution >= 4 is 41.1 Å². The fourth-order valence-electron chi connectivity index (χ4n) is 4.97. The molecule has 13 nitrogen and oxygen atoms in total. The Labute approximate surface area is 252 Å². The second-order valence-corrected chi connectivity index (χ2v) is 10.3. The highest BCUT2D eigenvalue weighted by Crippen LogP contribution is 2.37. The molecule has 5 heterocycles. The van der Waals surface area contributed by atoms with Crippen molar-refractivity contribution in [3.05, 3.63) is 77.2 Å². The van der Waals surface area contributed by atoms with E-state index < -0.39 is 24.0 Å². The quantitative estimate of drug-likeness (QED) is 0.248. The molecule has 1 aromatic carbocycles. The third-order valence-corrected chi connectivity index (χ3v) is 7.27. The number of rotatable bonds is 8. The normalized spacial score (nSPS) is 15.5. The van der Waals surface area contributed by atoms with E-state index in [-0.39, 0.29) is 39.9 Å². The van der Waals surface area contributed by atoms with E-state index in [4.69, 9.17) is 16.3 Å². The standard InChI is InChI=1S/C27H24ClF3N10O3/c1-38-7-4-17(36-38)13-39-14-19(23(37-39)27(29,30)31)21-11-34-25-24(33-6-9-40(21)25)35-16-2-3-18(20(28)10-16)26(43)41-8-5-32-12-22(41)44-15-42/h2-4,6-7,9-11,14-15,22,32H,5,8,12-13H2,1H3,(H,33,35). The lowest BCUT2D eigenvalue weighted by Gasteiger charge is -2.34. The SMILES string of the molecule is Cn1ccc(Cn2cc(-c3cnc4c(Nc5ccc(C(=O)N6CCNCC6OC=O)c(Cl)c5)nccn34)c(C(F)(F)F)n2)n1. The maximum Gasteiger partial charge on any atom is 0.435 e. The van der Waals surface area contributed by atoms with Gasteiger partial charge in [-0.3, -0.25) is 23.4 Å². The monoisotopic (exact) mass is 628 g/mol. The molecule has 0 bridgehead atoms. The lowest BCUT2D eigenvalue weighted by Crippen LogP contribution is -2.54. The summed E-state index contributed by atoms with van der Waals surface area (Å²) in [6.45, 7) is 1.48. The Bertz CT molecular complexity index is 1850. The average molecular weight is 629 g/mol. The number of nitrogens with one attached hydrogen (secondary N) is 2. The number of fused-ring (bicyclic) bond motifs is 1. The van der Waals surface area contributed by atoms with E-state index in [1.807, 2.05) is 0 Å². The summed E-state index contributed by atoms with van der Waals surface area (Å²) in [5.74, 6) is -0.165. The maximum atomic E-state index is 14.1. The Hall–Kier alpha value is -4.96. The van der Waals surface area contributed by atoms with Crippen LogP contribution in [0.15, 0.2) is 55.2 Å². The summed E-state index contributed by atoms with van der Waals surface area (Å²) in [6.07, 6.45) is 1.76. The predicted molar refractivity (Wildman–Crippen MR) is 151 cm³/mol. The number of carbonyl (C=O) groups excluding carboxylic acids is 2. The van der Waals surface area contributed by atoms with Gasteiger partial charge in [0.05, 0.1) is 46.8 Å². The van der Waals surface area contributed by atoms with Crippen LogP contribution in [0.5, 0.6) is 0 Å². The molecule has 4 aromatic heterocycles. The Kier molecular flexibility index (Phi) is 7.69. The van der Waals surface area contributed by atoms with Crippen LogP contribution in [0.3, 0.4) is 0 Å². The molecule has 1 atom stereocenters. The van der Waals surface area contributed by atoms with Crippen LogP contribution in [-0.2, 0) is 29.3 Å². The summed E-state index contributed by atoms with van der Waals surface area (Å²) in [7, 11) is 1.72. The summed E-state index contributed by atoms with van der Waals surface area (Å²) >= 11 is 6.48. The lowest BCUT2D eigenvalue weighted by molar-refractivity contribution is -0.142. The summed E-state index contributed by atoms with van der Waals surface area (Å²) < 4.78 is 51.4. The molecule has 6 rings (SSSR count). The number of ether oxygens (including phenoxy) is 1. The average Bonchev–Trinajstić information content (AvgIpc) is 3.72. The molecule has 1 amide bonds. The van der Waals surface area contributed by atoms with Crippen LogP contribution in [0.25, 0.3) is 16.9 Å². The highest BCUT2D eigenvalue weighted by Gasteiger charge is 2.38. The molecular formula is C27H24ClF3N10O3. The fraction of sp³-hybridized carbons (Fsp3) is 0.259. The van der Waals surface area contributed by atoms with Gasteiger partial charge in [-0.1, -0.05) is 11.6 Å². The maximum absolute atomic E-state index is 14.1. The van der Waals surface area contributed by atoms with Gasteiger partial charge in [-0.2, -0.15) is 23.4 Å². The minimum absolute atomic E-state index is 0.0493. The zero-order valence-electron chi connectivity index (χ0n) is 23.0. The molecule has 1 saturated heterocycles. The minimum Gasteiger partial charge on any atom is -0.442 e. The molecule has 1 aliphatic heterocycles. The molecule has 44 heavy (non-hydrogen) atoms. The van der Waals surface area contributed by atoms with Gasteiger partial charge in [0, 0.05) is 50.6 Å². The largest absolute Gasteiger partial charge is 0.442 e. The molecule has 0 spiro atoms. The van der Waals surface area contributed by atoms with Crippen molar-refractivity contribution in [2.75, 3.05) is 25.0 Å². The number of hydrogen-bond donors (Lipinski definition) is 2. The first kappa shape index (κ1) is 29.1. The first-order valence-electron chi connectivity index (χ1n) is 13.3. The number of piperazine rings is 1. The topological polar surface area (TPSA) is 136 Å². The Morgan fingerprint density at radius 1 is 1.23 bits per heavy atom. The fourth-order valence-corrected chi connectivity index (χ4v) is 5.24. The van der Waals surface area contributed by atoms with Crippen molar-refractivity contribution in [1.29, 1.82) is 0 Å². The summed E-state index contributed by atoms with van der Waals surface area (Å²) in [5.41, 5.74) is 0.406. The van der Waals surface area contributed by atoms with Crippen LogP contribution in [0.1, 0.15) is 21.7 Å². The zero-order valence-corrected chi connectivity index (χ0v) is 23.7. The van der Waals surface area contributed by atoms with Gasteiger partial charge in [-0.05, 0) is 24.3 Å². The van der Waals surface area contributed by atoms with E-state index in [1.165, 1.54) is 50.9 Å². The lowest BCUT2D eigenvalue weighted by atomic mass is 10.1. The van der Waals surface area contributed by atoms with Gasteiger partial charge < -0.3 is 20.3 Å². The van der Waals surface area contributed by atoms with Gasteiger partial charge in [0.2, 0.25) is 0 Å². The summed E-state index contributed by atoms with van der Waals surface area (Å²) in [5, 5.41) is 14.3. The summed E-state index contributed by atoms with van der Waals surface area (Å²) in [6, 6.07) is 6.35. The van der Waals surface area contributed by atoms with Gasteiger partial charge in [0.1, 0.15) is 0 Å². The van der Waals surface area contributed by atoms with Crippen LogP contribution in [0.2, 0.25) is 5.02 Å². The summed E-state index contributed by atoms with van der Waals surface area (Å²) in [4.78, 5) is 34.1. The van der Waals surface area contributed by atoms with Gasteiger partial charge >= 0.3 is 6.18 Å². The minimum atomic E-state index is -4.72. The Balaban J connectivity index is 1.28. The van der Waals surface area contributed by atoms with Crippen LogP contribution in [-0.4, -0.2) is 77.1 Å². The van der Waals surface area contributed by atoms with Gasteiger partial charge in [-0.25, -0.2) is 9.97 Å². The van der Waals surface area contributed by atoms with E-state index in [9.17, 15) is 22.8 Å². The van der Waals surface area contributed by atoms with Crippen LogP contribution >= 0.6 is 11.6 Å². The number of alkyl halides is 3. The highest BCUT2D eigenvalue weighted by molar-refractivity contribution is 6.34. The molecule has 1 fully saturated rings. The van der Waals surface area contributed by atoms with Gasteiger partial charge in [0.25, 0.3) is 12.4 Å². The van der Waals surface area contributed by atoms with E-state index in [2.05, 4.69) is 30.8 Å². The van der Waals surface area contributed by atoms with Crippen LogP contribution in [0.4, 0.5) is 24.7 Å². The molecular weight excluding hydrogens is 605 g/mol. The number of imidazole rings is 1. The van der Waals surface area contributed by atoms with Crippen molar-refractivity contribution in [3.63, 3.8) is 0 Å². The number of carbonyl (C=O) groups is 2. The van der Waals surface area contributed by atoms with Crippen molar-refractivity contribution < 1.29 is 27.5 Å². The van der Waals surface area contributed by atoms with E-state index >= 15 is 0 Å². The third-order valence-electron chi connectivity index (χ3n) is 6.96. The number of amides is 1. The van der Waals surface area contributed by atoms with Crippen molar-refractivity contribution in [1.82, 2.24) is 44.1 Å². The predicted octanol–water partition coefficient (Wildman–Crippen LogP) is 3.33. The van der Waals surface area contributed by atoms with Crippen LogP contribution < -0.4 is 10.6 Å². The highest BCUT2D eigenvalue weighted by atomic mass is 35.5. The molecule has 2 N–H and O–H groups in total. The molecule has 0 saturated carbocycles. The van der Waals surface area contributed by atoms with Crippen molar-refractivity contribution in [2.24, 2.45) is 7.05 Å². The number of aromatic nitrogens is 7. The molecule has 17 heteroatoms. The molecule has 5 aromatic rings. The molecule has 228 valence electrons. The molecule has 1 unspecified atom stereocenters. The number of halogens is 4. The molecule has 0 aliphatic carbocycles. The smallest absolute Gasteiger partial charge is 0.435 e. The van der Waals surface area contributed by atoms with Gasteiger partial charge in [-0.15, -0.1) is 0 Å². The third kappa shape index (κ3) is 5.68. The van der Waals surface area contributed by atoms with Gasteiger partial charge in [0.15, 0.2) is 23.4 Å². The van der Waals surface area contributed by atoms with E-state index in [0.29, 0.717) is 37.5 Å². The number of benzene rings is 1.